The summed E-state index contributed by atoms with van der Waals surface area (Å²) in [6.45, 7) is 0. The molecular formula is C21H10F4OS2. The second-order valence-corrected chi connectivity index (χ2v) is 7.74. The number of rotatable bonds is 4. The summed E-state index contributed by atoms with van der Waals surface area (Å²) in [6.07, 6.45) is 0. The SMILES string of the molecule is O=C(c1sccc1-c1ccc(F)cc1F)c1sccc1-c1ccc(F)cc1F. The van der Waals surface area contributed by atoms with Gasteiger partial charge in [0.15, 0.2) is 0 Å². The minimum Gasteiger partial charge on any atom is -0.287 e. The Kier molecular flexibility index (Phi) is 4.87. The highest BCUT2D eigenvalue weighted by atomic mass is 32.1. The molecule has 0 radical (unpaired) electrons. The summed E-state index contributed by atoms with van der Waals surface area (Å²) in [6, 6.07) is 9.47. The summed E-state index contributed by atoms with van der Waals surface area (Å²) in [5.74, 6) is -3.37. The molecule has 2 heterocycles. The second-order valence-electron chi connectivity index (χ2n) is 5.90. The molecule has 0 atom stereocenters. The van der Waals surface area contributed by atoms with E-state index in [9.17, 15) is 22.4 Å². The van der Waals surface area contributed by atoms with Crippen molar-refractivity contribution in [2.75, 3.05) is 0 Å². The van der Waals surface area contributed by atoms with Crippen LogP contribution in [0.5, 0.6) is 0 Å². The molecule has 0 saturated heterocycles. The Balaban J connectivity index is 1.79. The van der Waals surface area contributed by atoms with E-state index in [1.807, 2.05) is 0 Å². The molecule has 2 aromatic carbocycles. The first kappa shape index (κ1) is 18.6. The molecule has 0 bridgehead atoms. The number of hydrogen-bond acceptors (Lipinski definition) is 3. The molecule has 0 aliphatic carbocycles. The van der Waals surface area contributed by atoms with E-state index < -0.39 is 29.1 Å². The molecule has 4 rings (SSSR count). The minimum absolute atomic E-state index is 0.108. The maximum absolute atomic E-state index is 14.2. The number of carbonyl (C=O) groups excluding carboxylic acids is 1. The van der Waals surface area contributed by atoms with Gasteiger partial charge in [-0.1, -0.05) is 0 Å². The zero-order valence-electron chi connectivity index (χ0n) is 14.0. The van der Waals surface area contributed by atoms with Crippen LogP contribution in [0.25, 0.3) is 22.3 Å². The van der Waals surface area contributed by atoms with E-state index in [4.69, 9.17) is 0 Å². The maximum Gasteiger partial charge on any atom is 0.214 e. The smallest absolute Gasteiger partial charge is 0.214 e. The van der Waals surface area contributed by atoms with E-state index in [2.05, 4.69) is 0 Å². The van der Waals surface area contributed by atoms with Gasteiger partial charge >= 0.3 is 0 Å². The van der Waals surface area contributed by atoms with Crippen molar-refractivity contribution in [2.45, 2.75) is 0 Å². The average molecular weight is 418 g/mol. The first-order valence-electron chi connectivity index (χ1n) is 8.06. The lowest BCUT2D eigenvalue weighted by Gasteiger charge is -2.07. The highest BCUT2D eigenvalue weighted by Crippen LogP contribution is 2.37. The Hall–Kier alpha value is -2.77. The van der Waals surface area contributed by atoms with Gasteiger partial charge in [0, 0.05) is 34.4 Å². The Morgan fingerprint density at radius 2 is 1.04 bits per heavy atom. The molecule has 28 heavy (non-hydrogen) atoms. The van der Waals surface area contributed by atoms with Crippen LogP contribution in [0.3, 0.4) is 0 Å². The second kappa shape index (κ2) is 7.33. The van der Waals surface area contributed by atoms with E-state index in [1.54, 1.807) is 22.9 Å². The summed E-state index contributed by atoms with van der Waals surface area (Å²) in [7, 11) is 0. The fourth-order valence-corrected chi connectivity index (χ4v) is 4.69. The van der Waals surface area contributed by atoms with Gasteiger partial charge in [-0.05, 0) is 47.2 Å². The lowest BCUT2D eigenvalue weighted by Crippen LogP contribution is -2.01. The lowest BCUT2D eigenvalue weighted by molar-refractivity contribution is 0.104. The molecule has 0 unspecified atom stereocenters. The fraction of sp³-hybridized carbons (Fsp3) is 0. The Morgan fingerprint density at radius 3 is 1.43 bits per heavy atom. The van der Waals surface area contributed by atoms with Crippen LogP contribution in [-0.4, -0.2) is 5.78 Å². The molecule has 0 N–H and O–H groups in total. The minimum atomic E-state index is -0.775. The largest absolute Gasteiger partial charge is 0.287 e. The van der Waals surface area contributed by atoms with Crippen LogP contribution in [-0.2, 0) is 0 Å². The van der Waals surface area contributed by atoms with E-state index in [1.165, 1.54) is 12.1 Å². The summed E-state index contributed by atoms with van der Waals surface area (Å²) in [5.41, 5.74) is 0.895. The van der Waals surface area contributed by atoms with Gasteiger partial charge in [-0.2, -0.15) is 0 Å². The number of thiophene rings is 2. The van der Waals surface area contributed by atoms with Crippen molar-refractivity contribution in [3.63, 3.8) is 0 Å². The van der Waals surface area contributed by atoms with Crippen LogP contribution in [0.2, 0.25) is 0 Å². The van der Waals surface area contributed by atoms with E-state index in [0.717, 1.165) is 46.9 Å². The topological polar surface area (TPSA) is 17.1 Å². The molecule has 140 valence electrons. The van der Waals surface area contributed by atoms with Crippen molar-refractivity contribution >= 4 is 28.5 Å². The van der Waals surface area contributed by atoms with Crippen molar-refractivity contribution < 1.29 is 22.4 Å². The van der Waals surface area contributed by atoms with Crippen LogP contribution in [0.4, 0.5) is 17.6 Å². The zero-order chi connectivity index (χ0) is 19.8. The van der Waals surface area contributed by atoms with Gasteiger partial charge in [0.1, 0.15) is 23.3 Å². The third-order valence-corrected chi connectivity index (χ3v) is 6.01. The maximum atomic E-state index is 14.2. The first-order chi connectivity index (χ1) is 13.5. The van der Waals surface area contributed by atoms with Crippen molar-refractivity contribution in [3.8, 4) is 22.3 Å². The van der Waals surface area contributed by atoms with Crippen LogP contribution in [0, 0.1) is 23.3 Å². The van der Waals surface area contributed by atoms with Crippen molar-refractivity contribution in [2.24, 2.45) is 0 Å². The van der Waals surface area contributed by atoms with E-state index in [-0.39, 0.29) is 20.9 Å². The van der Waals surface area contributed by atoms with Gasteiger partial charge in [-0.25, -0.2) is 17.6 Å². The van der Waals surface area contributed by atoms with Gasteiger partial charge in [-0.15, -0.1) is 22.7 Å². The highest BCUT2D eigenvalue weighted by Gasteiger charge is 2.23. The molecule has 0 aliphatic heterocycles. The first-order valence-corrected chi connectivity index (χ1v) is 9.82. The standard InChI is InChI=1S/C21H10F4OS2/c22-11-1-3-13(17(24)9-11)15-5-7-27-20(15)19(26)21-16(6-8-28-21)14-4-2-12(23)10-18(14)25/h1-10H. The molecule has 0 fully saturated rings. The third kappa shape index (κ3) is 3.27. The Morgan fingerprint density at radius 1 is 0.607 bits per heavy atom. The molecule has 0 saturated carbocycles. The van der Waals surface area contributed by atoms with Crippen LogP contribution in [0.1, 0.15) is 14.5 Å². The summed E-state index contributed by atoms with van der Waals surface area (Å²) in [5, 5.41) is 3.27. The molecule has 7 heteroatoms. The van der Waals surface area contributed by atoms with Gasteiger partial charge in [0.05, 0.1) is 9.75 Å². The quantitative estimate of drug-likeness (QED) is 0.259. The molecule has 2 aromatic heterocycles. The molecule has 1 nitrogen and oxygen atoms in total. The van der Waals surface area contributed by atoms with E-state index >= 15 is 0 Å². The lowest BCUT2D eigenvalue weighted by atomic mass is 10.0. The van der Waals surface area contributed by atoms with Crippen LogP contribution >= 0.6 is 22.7 Å². The molecule has 0 spiro atoms. The van der Waals surface area contributed by atoms with Crippen LogP contribution < -0.4 is 0 Å². The fourth-order valence-electron chi connectivity index (χ4n) is 2.91. The molecular weight excluding hydrogens is 408 g/mol. The van der Waals surface area contributed by atoms with Gasteiger partial charge < -0.3 is 0 Å². The highest BCUT2D eigenvalue weighted by molar-refractivity contribution is 7.16. The molecule has 0 amide bonds. The summed E-state index contributed by atoms with van der Waals surface area (Å²) >= 11 is 2.23. The summed E-state index contributed by atoms with van der Waals surface area (Å²) < 4.78 is 54.8. The number of hydrogen-bond donors (Lipinski definition) is 0. The zero-order valence-corrected chi connectivity index (χ0v) is 15.6. The monoisotopic (exact) mass is 418 g/mol. The third-order valence-electron chi connectivity index (χ3n) is 4.19. The predicted octanol–water partition coefficient (Wildman–Crippen LogP) is 6.93. The molecule has 4 aromatic rings. The number of halogens is 4. The summed E-state index contributed by atoms with van der Waals surface area (Å²) in [4.78, 5) is 13.7. The Bertz CT molecular complexity index is 1100. The molecule has 0 aliphatic rings. The number of benzene rings is 2. The number of carbonyl (C=O) groups is 1. The van der Waals surface area contributed by atoms with E-state index in [0.29, 0.717) is 11.1 Å². The van der Waals surface area contributed by atoms with Crippen molar-refractivity contribution in [1.29, 1.82) is 0 Å². The predicted molar refractivity (Wildman–Crippen MR) is 103 cm³/mol. The van der Waals surface area contributed by atoms with Crippen molar-refractivity contribution in [3.05, 3.63) is 92.3 Å². The van der Waals surface area contributed by atoms with Gasteiger partial charge in [0.2, 0.25) is 5.78 Å². The number of ketones is 1. The Labute approximate surface area is 165 Å². The van der Waals surface area contributed by atoms with Gasteiger partial charge in [-0.3, -0.25) is 4.79 Å². The van der Waals surface area contributed by atoms with Crippen LogP contribution in [0.15, 0.2) is 59.3 Å². The average Bonchev–Trinajstić information content (AvgIpc) is 3.30. The normalized spacial score (nSPS) is 11.0. The van der Waals surface area contributed by atoms with Gasteiger partial charge in [0.25, 0.3) is 0 Å². The van der Waals surface area contributed by atoms with Crippen molar-refractivity contribution in [1.82, 2.24) is 0 Å².